The lowest BCUT2D eigenvalue weighted by Gasteiger charge is -2.38. The molecule has 2 saturated heterocycles. The van der Waals surface area contributed by atoms with E-state index in [-0.39, 0.29) is 42.0 Å². The molecule has 0 aliphatic carbocycles. The number of aromatic nitrogens is 2. The Kier molecular flexibility index (Phi) is 6.31. The van der Waals surface area contributed by atoms with Gasteiger partial charge in [0.25, 0.3) is 11.6 Å². The smallest absolute Gasteiger partial charge is 0.326 e. The van der Waals surface area contributed by atoms with Crippen LogP contribution in [0.1, 0.15) is 13.3 Å². The third kappa shape index (κ3) is 4.10. The number of urea groups is 1. The van der Waals surface area contributed by atoms with E-state index in [0.29, 0.717) is 17.9 Å². The summed E-state index contributed by atoms with van der Waals surface area (Å²) in [4.78, 5) is 19.7. The molecule has 5 rings (SSSR count). The Morgan fingerprint density at radius 1 is 1.27 bits per heavy atom. The van der Waals surface area contributed by atoms with Gasteiger partial charge >= 0.3 is 6.03 Å². The molecule has 3 aromatic rings. The number of nitrogens with one attached hydrogen (secondary N) is 1. The summed E-state index contributed by atoms with van der Waals surface area (Å²) in [5, 5.41) is 3.89. The molecule has 200 valence electrons. The molecule has 2 aliphatic heterocycles. The highest BCUT2D eigenvalue weighted by atomic mass is 32.3. The van der Waals surface area contributed by atoms with Crippen molar-refractivity contribution in [3.8, 4) is 11.1 Å². The molecule has 0 saturated carbocycles. The van der Waals surface area contributed by atoms with Gasteiger partial charge in [0.2, 0.25) is 0 Å². The van der Waals surface area contributed by atoms with Gasteiger partial charge in [-0.2, -0.15) is 0 Å². The molecule has 8 nitrogen and oxygen atoms in total. The third-order valence-electron chi connectivity index (χ3n) is 6.97. The molecule has 2 amide bonds. The monoisotopic (exact) mass is 545 g/mol. The first-order valence-corrected chi connectivity index (χ1v) is 13.6. The highest BCUT2D eigenvalue weighted by Gasteiger charge is 2.60. The summed E-state index contributed by atoms with van der Waals surface area (Å²) in [6.07, 6.45) is 2.87. The van der Waals surface area contributed by atoms with Crippen molar-refractivity contribution >= 4 is 33.4 Å². The van der Waals surface area contributed by atoms with E-state index in [4.69, 9.17) is 8.71 Å². The van der Waals surface area contributed by atoms with E-state index < -0.39 is 57.5 Å². The largest absolute Gasteiger partial charge is 0.334 e. The number of benzene rings is 1. The molecule has 2 fully saturated rings. The van der Waals surface area contributed by atoms with Gasteiger partial charge in [-0.05, 0) is 18.7 Å². The maximum absolute atomic E-state index is 15.4. The van der Waals surface area contributed by atoms with Crippen LogP contribution in [0.5, 0.6) is 0 Å². The number of hydrogen-bond acceptors (Lipinski definition) is 6. The molecular weight excluding hydrogens is 521 g/mol. The van der Waals surface area contributed by atoms with E-state index in [1.807, 2.05) is 6.92 Å². The highest BCUT2D eigenvalue weighted by molar-refractivity contribution is 8.27. The van der Waals surface area contributed by atoms with Gasteiger partial charge in [0.15, 0.2) is 5.82 Å². The fourth-order valence-electron chi connectivity index (χ4n) is 4.86. The molecule has 0 spiro atoms. The predicted molar refractivity (Wildman–Crippen MR) is 128 cm³/mol. The third-order valence-corrected chi connectivity index (χ3v) is 9.59. The second-order valence-electron chi connectivity index (χ2n) is 8.99. The lowest BCUT2D eigenvalue weighted by Crippen LogP contribution is -2.56. The minimum Gasteiger partial charge on any atom is -0.334 e. The maximum atomic E-state index is 15.4. The highest BCUT2D eigenvalue weighted by Crippen LogP contribution is 2.47. The van der Waals surface area contributed by atoms with Gasteiger partial charge in [-0.1, -0.05) is 22.6 Å². The Balaban J connectivity index is 1.52. The summed E-state index contributed by atoms with van der Waals surface area (Å²) in [6, 6.07) is -1.09. The van der Waals surface area contributed by atoms with E-state index in [9.17, 15) is 18.0 Å². The Morgan fingerprint density at radius 3 is 2.62 bits per heavy atom. The van der Waals surface area contributed by atoms with Gasteiger partial charge in [-0.25, -0.2) is 31.7 Å². The zero-order chi connectivity index (χ0) is 26.7. The number of nitrogens with zero attached hydrogens (tertiary/aromatic N) is 4. The number of fused-ring (bicyclic) bond motifs is 2. The molecule has 14 heteroatoms. The van der Waals surface area contributed by atoms with Crippen LogP contribution in [-0.2, 0) is 4.18 Å². The van der Waals surface area contributed by atoms with Gasteiger partial charge in [0, 0.05) is 49.8 Å². The molecule has 0 radical (unpaired) electrons. The molecule has 2 aromatic heterocycles. The summed E-state index contributed by atoms with van der Waals surface area (Å²) < 4.78 is 87.1. The van der Waals surface area contributed by atoms with Gasteiger partial charge in [-0.15, -0.1) is 0 Å². The van der Waals surface area contributed by atoms with E-state index in [0.717, 1.165) is 9.80 Å². The van der Waals surface area contributed by atoms with Crippen molar-refractivity contribution in [1.29, 1.82) is 0 Å². The van der Waals surface area contributed by atoms with Crippen LogP contribution in [-0.4, -0.2) is 71.3 Å². The zero-order valence-electron chi connectivity index (χ0n) is 20.1. The summed E-state index contributed by atoms with van der Waals surface area (Å²) in [7, 11) is -0.526. The van der Waals surface area contributed by atoms with Crippen LogP contribution in [0.15, 0.2) is 28.9 Å². The second-order valence-corrected chi connectivity index (χ2v) is 12.1. The fourth-order valence-corrected chi connectivity index (χ4v) is 6.19. The average Bonchev–Trinajstić information content (AvgIpc) is 3.38. The Labute approximate surface area is 210 Å². The molecule has 2 aliphatic rings. The molecule has 1 aromatic carbocycles. The average molecular weight is 546 g/mol. The van der Waals surface area contributed by atoms with E-state index in [1.54, 1.807) is 6.26 Å². The zero-order valence-corrected chi connectivity index (χ0v) is 20.9. The van der Waals surface area contributed by atoms with Crippen LogP contribution in [0.3, 0.4) is 0 Å². The van der Waals surface area contributed by atoms with Crippen LogP contribution in [0.4, 0.5) is 32.6 Å². The number of carbonyl (C=O) groups excluding carboxylic acids is 1. The topological polar surface area (TPSA) is 83.7 Å². The predicted octanol–water partition coefficient (Wildman–Crippen LogP) is 4.85. The normalized spacial score (nSPS) is 23.8. The summed E-state index contributed by atoms with van der Waals surface area (Å²) in [5.74, 6) is -6.28. The van der Waals surface area contributed by atoms with E-state index in [1.165, 1.54) is 19.4 Å². The molecule has 0 bridgehead atoms. The summed E-state index contributed by atoms with van der Waals surface area (Å²) >= 11 is 0. The van der Waals surface area contributed by atoms with Crippen molar-refractivity contribution < 1.29 is 35.5 Å². The number of halogens is 5. The lowest BCUT2D eigenvalue weighted by atomic mass is 10.0. The molecular formula is C23H24F5N5O3S. The lowest BCUT2D eigenvalue weighted by molar-refractivity contribution is -0.0449. The number of amides is 2. The van der Waals surface area contributed by atoms with Crippen LogP contribution in [0, 0.1) is 17.5 Å². The van der Waals surface area contributed by atoms with E-state index >= 15 is 8.78 Å². The van der Waals surface area contributed by atoms with Gasteiger partial charge in [-0.3, -0.25) is 9.62 Å². The summed E-state index contributed by atoms with van der Waals surface area (Å²) in [6.45, 7) is 1.41. The van der Waals surface area contributed by atoms with Gasteiger partial charge < -0.3 is 13.6 Å². The van der Waals surface area contributed by atoms with Crippen LogP contribution in [0.25, 0.3) is 22.2 Å². The van der Waals surface area contributed by atoms with Crippen molar-refractivity contribution in [2.45, 2.75) is 31.4 Å². The first kappa shape index (κ1) is 25.7. The van der Waals surface area contributed by atoms with Crippen molar-refractivity contribution in [3.05, 3.63) is 41.8 Å². The first-order valence-electron chi connectivity index (χ1n) is 11.4. The van der Waals surface area contributed by atoms with Crippen molar-refractivity contribution in [2.24, 2.45) is 0 Å². The second kappa shape index (κ2) is 9.10. The van der Waals surface area contributed by atoms with Crippen LogP contribution < -0.4 is 9.62 Å². The number of pyridine rings is 1. The minimum absolute atomic E-state index is 0.00160. The molecule has 37 heavy (non-hydrogen) atoms. The number of carbonyl (C=O) groups is 1. The van der Waals surface area contributed by atoms with Crippen LogP contribution >= 0.6 is 10.5 Å². The number of rotatable bonds is 6. The standard InChI is InChI=1S/C23H24F5N5O3S/c1-4-37(3,35-2)31-16-11-33-17(23(16,27)28)6-8-32(22(33)34)20-19-13(5-7-29-21(19)36-30-20)18-14(25)9-12(24)10-15(18)26/h5,7,9-10,16-17,31H,4,6,8,11H2,1-3H3/t16-,17-/m1/s1. The SMILES string of the molecule is CCS(C)(N[C@@H]1CN2C(=O)N(c3noc4nccc(-c5c(F)cc(F)cc5F)c34)CC[C@@H]2C1(F)F)OC. The summed E-state index contributed by atoms with van der Waals surface area (Å²) in [5.41, 5.74) is -0.752. The van der Waals surface area contributed by atoms with Gasteiger partial charge in [0.05, 0.1) is 10.9 Å². The molecule has 1 unspecified atom stereocenters. The minimum atomic E-state index is -3.22. The Hall–Kier alpha value is -2.97. The fraction of sp³-hybridized carbons (Fsp3) is 0.435. The number of hydrogen-bond donors (Lipinski definition) is 1. The molecule has 4 heterocycles. The maximum Gasteiger partial charge on any atom is 0.326 e. The van der Waals surface area contributed by atoms with E-state index in [2.05, 4.69) is 14.9 Å². The van der Waals surface area contributed by atoms with Crippen LogP contribution in [0.2, 0.25) is 0 Å². The van der Waals surface area contributed by atoms with Crippen molar-refractivity contribution in [3.63, 3.8) is 0 Å². The molecule has 3 atom stereocenters. The molecule has 1 N–H and O–H groups in total. The van der Waals surface area contributed by atoms with Crippen molar-refractivity contribution in [1.82, 2.24) is 19.8 Å². The quantitative estimate of drug-likeness (QED) is 0.446. The van der Waals surface area contributed by atoms with Crippen molar-refractivity contribution in [2.75, 3.05) is 37.1 Å². The Bertz CT molecular complexity index is 1340. The number of anilines is 1. The Morgan fingerprint density at radius 2 is 1.97 bits per heavy atom. The number of alkyl halides is 2. The first-order chi connectivity index (χ1) is 17.5. The van der Waals surface area contributed by atoms with Gasteiger partial charge in [0.1, 0.15) is 29.5 Å².